The Kier molecular flexibility index (Phi) is 4.33. The highest BCUT2D eigenvalue weighted by molar-refractivity contribution is 5.72. The predicted molar refractivity (Wildman–Crippen MR) is 82.5 cm³/mol. The summed E-state index contributed by atoms with van der Waals surface area (Å²) in [4.78, 5) is 12.9. The number of amides is 2. The summed E-state index contributed by atoms with van der Waals surface area (Å²) in [5, 5.41) is 3.85. The molecule has 116 valence electrons. The molecule has 0 aromatic carbocycles. The lowest BCUT2D eigenvalue weighted by Crippen LogP contribution is -2.52. The molecule has 1 saturated carbocycles. The van der Waals surface area contributed by atoms with Crippen molar-refractivity contribution in [2.24, 2.45) is 16.6 Å². The Labute approximate surface area is 123 Å². The number of urea groups is 1. The number of hydrogen-bond acceptors (Lipinski definition) is 2. The number of rotatable bonds is 2. The average Bonchev–Trinajstić information content (AvgIpc) is 2.25. The molecule has 0 bridgehead atoms. The van der Waals surface area contributed by atoms with Gasteiger partial charge in [-0.15, -0.1) is 0 Å². The third kappa shape index (κ3) is 4.11. The topological polar surface area (TPSA) is 58.4 Å². The van der Waals surface area contributed by atoms with Gasteiger partial charge in [0.25, 0.3) is 0 Å². The van der Waals surface area contributed by atoms with E-state index in [2.05, 4.69) is 33.0 Å². The maximum Gasteiger partial charge on any atom is 0.314 e. The van der Waals surface area contributed by atoms with Gasteiger partial charge in [-0.2, -0.15) is 0 Å². The first-order valence-electron chi connectivity index (χ1n) is 7.97. The van der Waals surface area contributed by atoms with Crippen molar-refractivity contribution in [3.8, 4) is 0 Å². The summed E-state index contributed by atoms with van der Waals surface area (Å²) in [6.45, 7) is 11.1. The van der Waals surface area contributed by atoms with Gasteiger partial charge >= 0.3 is 6.03 Å². The lowest BCUT2D eigenvalue weighted by atomic mass is 9.63. The molecular weight excluding hydrogens is 250 g/mol. The van der Waals surface area contributed by atoms with Crippen LogP contribution >= 0.6 is 0 Å². The second-order valence-electron chi connectivity index (χ2n) is 8.38. The van der Waals surface area contributed by atoms with Gasteiger partial charge in [-0.25, -0.2) is 4.79 Å². The van der Waals surface area contributed by atoms with Gasteiger partial charge in [-0.3, -0.25) is 0 Å². The zero-order valence-electron chi connectivity index (χ0n) is 13.5. The van der Waals surface area contributed by atoms with Crippen molar-refractivity contribution >= 4 is 6.03 Å². The smallest absolute Gasteiger partial charge is 0.314 e. The van der Waals surface area contributed by atoms with E-state index in [0.717, 1.165) is 25.9 Å². The number of nitrogens with one attached hydrogen (secondary N) is 1. The summed E-state index contributed by atoms with van der Waals surface area (Å²) in [6.07, 6.45) is 5.87. The molecule has 3 N–H and O–H groups in total. The van der Waals surface area contributed by atoms with Crippen molar-refractivity contribution in [1.82, 2.24) is 10.2 Å². The number of carbonyl (C=O) groups is 1. The molecule has 1 saturated heterocycles. The monoisotopic (exact) mass is 281 g/mol. The molecule has 1 aliphatic carbocycles. The van der Waals surface area contributed by atoms with E-state index in [1.165, 1.54) is 19.3 Å². The predicted octanol–water partition coefficient (Wildman–Crippen LogP) is 2.72. The van der Waals surface area contributed by atoms with Crippen LogP contribution in [0.4, 0.5) is 4.79 Å². The quantitative estimate of drug-likeness (QED) is 0.817. The highest BCUT2D eigenvalue weighted by Gasteiger charge is 2.39. The molecule has 0 spiro atoms. The molecule has 0 radical (unpaired) electrons. The van der Waals surface area contributed by atoms with Gasteiger partial charge in [-0.1, -0.05) is 27.7 Å². The fourth-order valence-electron chi connectivity index (χ4n) is 4.56. The summed E-state index contributed by atoms with van der Waals surface area (Å²) in [6, 6.07) is 0.877. The second-order valence-corrected chi connectivity index (χ2v) is 8.38. The second kappa shape index (κ2) is 5.55. The van der Waals surface area contributed by atoms with Crippen LogP contribution in [0.2, 0.25) is 0 Å². The van der Waals surface area contributed by atoms with Crippen LogP contribution < -0.4 is 11.1 Å². The van der Waals surface area contributed by atoms with E-state index in [1.807, 2.05) is 0 Å². The largest absolute Gasteiger partial charge is 0.351 e. The molecular formula is C16H31N3O. The molecule has 1 aliphatic heterocycles. The van der Waals surface area contributed by atoms with Gasteiger partial charge < -0.3 is 16.0 Å². The number of nitrogens with zero attached hydrogens (tertiary/aromatic N) is 1. The lowest BCUT2D eigenvalue weighted by Gasteiger charge is -2.46. The van der Waals surface area contributed by atoms with Gasteiger partial charge in [0, 0.05) is 25.2 Å². The molecule has 2 amide bonds. The fraction of sp³-hybridized carbons (Fsp3) is 0.938. The Bertz CT molecular complexity index is 341. The fourth-order valence-corrected chi connectivity index (χ4v) is 4.56. The molecule has 4 heteroatoms. The number of carbonyl (C=O) groups excluding carboxylic acids is 1. The minimum atomic E-state index is -0.275. The van der Waals surface area contributed by atoms with E-state index in [1.54, 1.807) is 4.90 Å². The maximum absolute atomic E-state index is 11.1. The summed E-state index contributed by atoms with van der Waals surface area (Å²) in [5.74, 6) is 0. The maximum atomic E-state index is 11.1. The third-order valence-corrected chi connectivity index (χ3v) is 4.83. The van der Waals surface area contributed by atoms with Gasteiger partial charge in [0.2, 0.25) is 0 Å². The molecule has 2 fully saturated rings. The van der Waals surface area contributed by atoms with Crippen LogP contribution in [0.25, 0.3) is 0 Å². The molecule has 4 nitrogen and oxygen atoms in total. The Balaban J connectivity index is 1.86. The van der Waals surface area contributed by atoms with Crippen LogP contribution in [0.1, 0.15) is 59.8 Å². The SMILES string of the molecule is CC1(C)CC(NC2CCN(C(N)=O)CC2)CC(C)(C)C1. The lowest BCUT2D eigenvalue weighted by molar-refractivity contribution is 0.0753. The van der Waals surface area contributed by atoms with E-state index >= 15 is 0 Å². The van der Waals surface area contributed by atoms with Crippen LogP contribution in [0, 0.1) is 10.8 Å². The molecule has 0 aromatic heterocycles. The Morgan fingerprint density at radius 3 is 2.00 bits per heavy atom. The minimum Gasteiger partial charge on any atom is -0.351 e. The first kappa shape index (κ1) is 15.6. The zero-order chi connectivity index (χ0) is 15.0. The van der Waals surface area contributed by atoms with Crippen LogP contribution in [0.5, 0.6) is 0 Å². The molecule has 0 aromatic rings. The number of piperidine rings is 1. The van der Waals surface area contributed by atoms with Gasteiger partial charge in [0.05, 0.1) is 0 Å². The van der Waals surface area contributed by atoms with Crippen molar-refractivity contribution in [2.45, 2.75) is 71.9 Å². The first-order chi connectivity index (χ1) is 9.17. The van der Waals surface area contributed by atoms with Crippen LogP contribution in [0.3, 0.4) is 0 Å². The van der Waals surface area contributed by atoms with E-state index in [4.69, 9.17) is 5.73 Å². The highest BCUT2D eigenvalue weighted by atomic mass is 16.2. The van der Waals surface area contributed by atoms with Crippen molar-refractivity contribution in [3.63, 3.8) is 0 Å². The molecule has 1 heterocycles. The zero-order valence-corrected chi connectivity index (χ0v) is 13.5. The van der Waals surface area contributed by atoms with Crippen LogP contribution in [-0.4, -0.2) is 36.1 Å². The van der Waals surface area contributed by atoms with E-state index in [-0.39, 0.29) is 6.03 Å². The van der Waals surface area contributed by atoms with Crippen LogP contribution in [-0.2, 0) is 0 Å². The van der Waals surface area contributed by atoms with E-state index < -0.39 is 0 Å². The number of primary amides is 1. The summed E-state index contributed by atoms with van der Waals surface area (Å²) in [7, 11) is 0. The standard InChI is InChI=1S/C16H31N3O/c1-15(2)9-13(10-16(3,4)11-15)18-12-5-7-19(8-6-12)14(17)20/h12-13,18H,5-11H2,1-4H3,(H2,17,20). The van der Waals surface area contributed by atoms with Gasteiger partial charge in [0.1, 0.15) is 0 Å². The summed E-state index contributed by atoms with van der Waals surface area (Å²) < 4.78 is 0. The summed E-state index contributed by atoms with van der Waals surface area (Å²) in [5.41, 5.74) is 6.18. The van der Waals surface area contributed by atoms with Gasteiger partial charge in [0.15, 0.2) is 0 Å². The van der Waals surface area contributed by atoms with Crippen molar-refractivity contribution in [2.75, 3.05) is 13.1 Å². The molecule has 2 aliphatic rings. The summed E-state index contributed by atoms with van der Waals surface area (Å²) >= 11 is 0. The Morgan fingerprint density at radius 1 is 1.05 bits per heavy atom. The van der Waals surface area contributed by atoms with E-state index in [0.29, 0.717) is 22.9 Å². The highest BCUT2D eigenvalue weighted by Crippen LogP contribution is 2.45. The Hall–Kier alpha value is -0.770. The average molecular weight is 281 g/mol. The van der Waals surface area contributed by atoms with Crippen LogP contribution in [0.15, 0.2) is 0 Å². The van der Waals surface area contributed by atoms with E-state index in [9.17, 15) is 4.79 Å². The van der Waals surface area contributed by atoms with Crippen molar-refractivity contribution < 1.29 is 4.79 Å². The molecule has 0 atom stereocenters. The first-order valence-corrected chi connectivity index (χ1v) is 7.97. The number of likely N-dealkylation sites (tertiary alicyclic amines) is 1. The Morgan fingerprint density at radius 2 is 1.55 bits per heavy atom. The normalized spacial score (nSPS) is 27.5. The van der Waals surface area contributed by atoms with Crippen molar-refractivity contribution in [3.05, 3.63) is 0 Å². The van der Waals surface area contributed by atoms with Crippen molar-refractivity contribution in [1.29, 1.82) is 0 Å². The number of nitrogens with two attached hydrogens (primary N) is 1. The third-order valence-electron chi connectivity index (χ3n) is 4.83. The number of hydrogen-bond donors (Lipinski definition) is 2. The molecule has 0 unspecified atom stereocenters. The van der Waals surface area contributed by atoms with Gasteiger partial charge in [-0.05, 0) is 42.9 Å². The molecule has 2 rings (SSSR count). The molecule has 20 heavy (non-hydrogen) atoms. The minimum absolute atomic E-state index is 0.275.